The fourth-order valence-electron chi connectivity index (χ4n) is 3.31. The first kappa shape index (κ1) is 18.9. The van der Waals surface area contributed by atoms with Crippen LogP contribution >= 0.6 is 11.3 Å². The van der Waals surface area contributed by atoms with Gasteiger partial charge in [0.15, 0.2) is 5.13 Å². The molecule has 0 unspecified atom stereocenters. The van der Waals surface area contributed by atoms with Crippen molar-refractivity contribution >= 4 is 32.2 Å². The lowest BCUT2D eigenvalue weighted by Crippen LogP contribution is -2.30. The smallest absolute Gasteiger partial charge is 0.234 e. The molecule has 0 atom stereocenters. The third-order valence-electron chi connectivity index (χ3n) is 4.82. The minimum absolute atomic E-state index is 0.119. The molecule has 1 aliphatic rings. The van der Waals surface area contributed by atoms with E-state index in [1.54, 1.807) is 24.5 Å². The van der Waals surface area contributed by atoms with Crippen molar-refractivity contribution in [2.24, 2.45) is 0 Å². The zero-order chi connectivity index (χ0) is 19.6. The predicted octanol–water partition coefficient (Wildman–Crippen LogP) is 3.57. The molecule has 6 nitrogen and oxygen atoms in total. The largest absolute Gasteiger partial charge is 0.361 e. The van der Waals surface area contributed by atoms with E-state index < -0.39 is 10.0 Å². The molecule has 2 aromatic heterocycles. The van der Waals surface area contributed by atoms with E-state index in [1.165, 1.54) is 4.31 Å². The Morgan fingerprint density at radius 2 is 2.14 bits per heavy atom. The molecule has 0 radical (unpaired) electrons. The molecule has 1 aromatic carbocycles. The van der Waals surface area contributed by atoms with Gasteiger partial charge < -0.3 is 5.32 Å². The van der Waals surface area contributed by atoms with Gasteiger partial charge in [-0.15, -0.1) is 11.3 Å². The van der Waals surface area contributed by atoms with Crippen molar-refractivity contribution in [1.29, 1.82) is 0 Å². The number of benzene rings is 1. The molecule has 0 saturated carbocycles. The summed E-state index contributed by atoms with van der Waals surface area (Å²) in [6, 6.07) is 11.8. The Balaban J connectivity index is 1.45. The van der Waals surface area contributed by atoms with Crippen molar-refractivity contribution in [2.45, 2.75) is 19.8 Å². The van der Waals surface area contributed by atoms with Gasteiger partial charge in [-0.25, -0.2) is 13.4 Å². The van der Waals surface area contributed by atoms with Crippen LogP contribution in [0.5, 0.6) is 0 Å². The maximum absolute atomic E-state index is 12.2. The van der Waals surface area contributed by atoms with Crippen LogP contribution in [0, 0.1) is 0 Å². The first-order valence-electron chi connectivity index (χ1n) is 9.30. The summed E-state index contributed by atoms with van der Waals surface area (Å²) in [5.74, 6) is 0.119. The van der Waals surface area contributed by atoms with Crippen molar-refractivity contribution in [3.05, 3.63) is 59.2 Å². The van der Waals surface area contributed by atoms with Gasteiger partial charge in [0.2, 0.25) is 10.0 Å². The van der Waals surface area contributed by atoms with Gasteiger partial charge in [0, 0.05) is 42.3 Å². The highest BCUT2D eigenvalue weighted by atomic mass is 32.2. The van der Waals surface area contributed by atoms with E-state index in [-0.39, 0.29) is 5.75 Å². The molecule has 0 aliphatic carbocycles. The summed E-state index contributed by atoms with van der Waals surface area (Å²) in [6.07, 6.45) is 3.38. The maximum atomic E-state index is 12.2. The van der Waals surface area contributed by atoms with Crippen LogP contribution in [-0.2, 0) is 22.9 Å². The van der Waals surface area contributed by atoms with Crippen LogP contribution in [0.2, 0.25) is 0 Å². The van der Waals surface area contributed by atoms with E-state index in [2.05, 4.69) is 21.4 Å². The number of hydrogen-bond acceptors (Lipinski definition) is 6. The van der Waals surface area contributed by atoms with Crippen LogP contribution in [0.4, 0.5) is 10.8 Å². The maximum Gasteiger partial charge on any atom is 0.234 e. The lowest BCUT2D eigenvalue weighted by Gasteiger charge is -2.18. The van der Waals surface area contributed by atoms with Gasteiger partial charge in [-0.3, -0.25) is 9.29 Å². The van der Waals surface area contributed by atoms with Gasteiger partial charge in [-0.05, 0) is 43.2 Å². The lowest BCUT2D eigenvalue weighted by atomic mass is 10.1. The topological polar surface area (TPSA) is 75.2 Å². The third-order valence-corrected chi connectivity index (χ3v) is 7.40. The van der Waals surface area contributed by atoms with Crippen molar-refractivity contribution in [3.63, 3.8) is 0 Å². The Kier molecular flexibility index (Phi) is 5.32. The highest BCUT2D eigenvalue weighted by Gasteiger charge is 2.28. The molecule has 146 valence electrons. The van der Waals surface area contributed by atoms with E-state index in [1.807, 2.05) is 35.7 Å². The fourth-order valence-corrected chi connectivity index (χ4v) is 5.21. The average molecular weight is 415 g/mol. The number of hydrogen-bond donors (Lipinski definition) is 1. The molecule has 3 heterocycles. The SMILES string of the molecule is CCS(=O)(=O)N1CCc2cc(-c3csc(NCCc4ccccn4)n3)ccc21. The number of anilines is 2. The number of rotatable bonds is 7. The normalized spacial score (nSPS) is 13.5. The molecule has 1 aliphatic heterocycles. The second-order valence-electron chi connectivity index (χ2n) is 6.60. The molecule has 3 aromatic rings. The Bertz CT molecular complexity index is 1060. The molecule has 0 saturated heterocycles. The second kappa shape index (κ2) is 7.89. The van der Waals surface area contributed by atoms with Crippen LogP contribution in [0.15, 0.2) is 48.0 Å². The molecule has 8 heteroatoms. The van der Waals surface area contributed by atoms with Gasteiger partial charge >= 0.3 is 0 Å². The summed E-state index contributed by atoms with van der Waals surface area (Å²) in [5.41, 5.74) is 4.84. The van der Waals surface area contributed by atoms with Crippen molar-refractivity contribution in [1.82, 2.24) is 9.97 Å². The summed E-state index contributed by atoms with van der Waals surface area (Å²) in [5, 5.41) is 6.25. The predicted molar refractivity (Wildman–Crippen MR) is 114 cm³/mol. The lowest BCUT2D eigenvalue weighted by molar-refractivity contribution is 0.593. The summed E-state index contributed by atoms with van der Waals surface area (Å²) < 4.78 is 26.0. The van der Waals surface area contributed by atoms with Crippen molar-refractivity contribution in [3.8, 4) is 11.3 Å². The number of fused-ring (bicyclic) bond motifs is 1. The number of nitrogens with one attached hydrogen (secondary N) is 1. The van der Waals surface area contributed by atoms with E-state index in [0.29, 0.717) is 6.54 Å². The molecular formula is C20H22N4O2S2. The van der Waals surface area contributed by atoms with Gasteiger partial charge in [-0.1, -0.05) is 12.1 Å². The number of thiazole rings is 1. The van der Waals surface area contributed by atoms with Crippen molar-refractivity contribution < 1.29 is 8.42 Å². The van der Waals surface area contributed by atoms with E-state index in [9.17, 15) is 8.42 Å². The zero-order valence-electron chi connectivity index (χ0n) is 15.6. The van der Waals surface area contributed by atoms with Crippen LogP contribution in [0.1, 0.15) is 18.2 Å². The summed E-state index contributed by atoms with van der Waals surface area (Å²) >= 11 is 1.57. The number of nitrogens with zero attached hydrogens (tertiary/aromatic N) is 3. The highest BCUT2D eigenvalue weighted by molar-refractivity contribution is 7.92. The van der Waals surface area contributed by atoms with Crippen LogP contribution < -0.4 is 9.62 Å². The first-order chi connectivity index (χ1) is 13.6. The Morgan fingerprint density at radius 1 is 1.25 bits per heavy atom. The number of aromatic nitrogens is 2. The molecule has 4 rings (SSSR count). The third kappa shape index (κ3) is 3.88. The average Bonchev–Trinajstić information content (AvgIpc) is 3.35. The molecule has 0 spiro atoms. The van der Waals surface area contributed by atoms with Gasteiger partial charge in [0.05, 0.1) is 17.1 Å². The molecule has 1 N–H and O–H groups in total. The van der Waals surface area contributed by atoms with E-state index in [0.717, 1.165) is 52.7 Å². The fraction of sp³-hybridized carbons (Fsp3) is 0.300. The minimum Gasteiger partial charge on any atom is -0.361 e. The Hall–Kier alpha value is -2.45. The van der Waals surface area contributed by atoms with E-state index >= 15 is 0 Å². The van der Waals surface area contributed by atoms with Crippen LogP contribution in [-0.4, -0.2) is 37.2 Å². The Morgan fingerprint density at radius 3 is 2.93 bits per heavy atom. The molecule has 28 heavy (non-hydrogen) atoms. The molecule has 0 bridgehead atoms. The summed E-state index contributed by atoms with van der Waals surface area (Å²) in [4.78, 5) is 9.00. The summed E-state index contributed by atoms with van der Waals surface area (Å²) in [6.45, 7) is 2.98. The molecule has 0 amide bonds. The van der Waals surface area contributed by atoms with E-state index in [4.69, 9.17) is 0 Å². The van der Waals surface area contributed by atoms with Gasteiger partial charge in [-0.2, -0.15) is 0 Å². The van der Waals surface area contributed by atoms with Gasteiger partial charge in [0.1, 0.15) is 0 Å². The first-order valence-corrected chi connectivity index (χ1v) is 11.8. The zero-order valence-corrected chi connectivity index (χ0v) is 17.3. The minimum atomic E-state index is -3.21. The number of pyridine rings is 1. The Labute approximate surface area is 169 Å². The van der Waals surface area contributed by atoms with Gasteiger partial charge in [0.25, 0.3) is 0 Å². The highest BCUT2D eigenvalue weighted by Crippen LogP contribution is 2.34. The molecule has 0 fully saturated rings. The molecular weight excluding hydrogens is 392 g/mol. The second-order valence-corrected chi connectivity index (χ2v) is 9.64. The summed E-state index contributed by atoms with van der Waals surface area (Å²) in [7, 11) is -3.21. The standard InChI is InChI=1S/C20H22N4O2S2/c1-2-28(25,26)24-12-9-16-13-15(6-7-19(16)24)18-14-27-20(23-18)22-11-8-17-5-3-4-10-21-17/h3-7,10,13-14H,2,8-9,11-12H2,1H3,(H,22,23). The van der Waals surface area contributed by atoms with Crippen LogP contribution in [0.25, 0.3) is 11.3 Å². The van der Waals surface area contributed by atoms with Crippen LogP contribution in [0.3, 0.4) is 0 Å². The monoisotopic (exact) mass is 414 g/mol. The van der Waals surface area contributed by atoms with Crippen molar-refractivity contribution in [2.75, 3.05) is 28.5 Å². The number of sulfonamides is 1. The quantitative estimate of drug-likeness (QED) is 0.640.